The Balaban J connectivity index is 4.04. The van der Waals surface area contributed by atoms with E-state index in [9.17, 15) is 0 Å². The fourth-order valence-electron chi connectivity index (χ4n) is 0.753. The van der Waals surface area contributed by atoms with Crippen molar-refractivity contribution in [1.82, 2.24) is 0 Å². The highest BCUT2D eigenvalue weighted by Gasteiger charge is 1.91. The van der Waals surface area contributed by atoms with Crippen molar-refractivity contribution in [3.8, 4) is 0 Å². The normalized spacial score (nSPS) is 14.0. The van der Waals surface area contributed by atoms with Crippen molar-refractivity contribution < 1.29 is 0 Å². The first kappa shape index (κ1) is 9.76. The van der Waals surface area contributed by atoms with Crippen molar-refractivity contribution in [2.45, 2.75) is 33.6 Å². The minimum absolute atomic E-state index is 1.09. The van der Waals surface area contributed by atoms with Crippen LogP contribution in [-0.4, -0.2) is 5.55 Å². The molecule has 0 unspecified atom stereocenters. The number of hydrogen-bond donors (Lipinski definition) is 1. The SMILES string of the molecule is CCC/C(C)=C(C)/N=C\S. The molecule has 58 valence electrons. The summed E-state index contributed by atoms with van der Waals surface area (Å²) in [5.74, 6) is 0. The maximum absolute atomic E-state index is 4.06. The van der Waals surface area contributed by atoms with Crippen LogP contribution in [0.15, 0.2) is 16.3 Å². The molecule has 0 radical (unpaired) electrons. The maximum atomic E-state index is 4.06. The van der Waals surface area contributed by atoms with Crippen molar-refractivity contribution in [1.29, 1.82) is 0 Å². The molecule has 1 nitrogen and oxygen atoms in total. The molecule has 0 saturated heterocycles. The number of hydrogen-bond acceptors (Lipinski definition) is 1. The molecule has 0 saturated carbocycles. The average molecular weight is 157 g/mol. The molecule has 0 heterocycles. The van der Waals surface area contributed by atoms with E-state index in [1.807, 2.05) is 6.92 Å². The Morgan fingerprint density at radius 1 is 1.50 bits per heavy atom. The van der Waals surface area contributed by atoms with Gasteiger partial charge < -0.3 is 0 Å². The fourth-order valence-corrected chi connectivity index (χ4v) is 0.926. The quantitative estimate of drug-likeness (QED) is 0.367. The van der Waals surface area contributed by atoms with Gasteiger partial charge in [-0.3, -0.25) is 4.99 Å². The minimum Gasteiger partial charge on any atom is -0.255 e. The standard InChI is InChI=1S/C8H15NS/c1-4-5-7(2)8(3)9-6-10/h6H,4-5H2,1-3H3,(H,9,10)/b8-7+. The van der Waals surface area contributed by atoms with Gasteiger partial charge in [-0.05, 0) is 20.3 Å². The smallest absolute Gasteiger partial charge is 0.0569 e. The van der Waals surface area contributed by atoms with E-state index in [1.54, 1.807) is 0 Å². The lowest BCUT2D eigenvalue weighted by atomic mass is 10.1. The molecule has 0 atom stereocenters. The monoisotopic (exact) mass is 157 g/mol. The Labute approximate surface area is 68.7 Å². The van der Waals surface area contributed by atoms with Crippen LogP contribution in [0.3, 0.4) is 0 Å². The van der Waals surface area contributed by atoms with Crippen LogP contribution in [0.1, 0.15) is 33.6 Å². The molecular formula is C8H15NS. The van der Waals surface area contributed by atoms with Crippen LogP contribution in [0.4, 0.5) is 0 Å². The lowest BCUT2D eigenvalue weighted by molar-refractivity contribution is 0.887. The van der Waals surface area contributed by atoms with Crippen molar-refractivity contribution >= 4 is 18.2 Å². The summed E-state index contributed by atoms with van der Waals surface area (Å²) in [6.07, 6.45) is 2.32. The summed E-state index contributed by atoms with van der Waals surface area (Å²) in [7, 11) is 0. The molecule has 0 aliphatic heterocycles. The minimum atomic E-state index is 1.09. The summed E-state index contributed by atoms with van der Waals surface area (Å²) in [4.78, 5) is 4.06. The van der Waals surface area contributed by atoms with Crippen molar-refractivity contribution in [2.24, 2.45) is 4.99 Å². The number of allylic oxidation sites excluding steroid dienone is 2. The highest BCUT2D eigenvalue weighted by molar-refractivity contribution is 7.94. The van der Waals surface area contributed by atoms with Crippen LogP contribution in [0, 0.1) is 0 Å². The van der Waals surface area contributed by atoms with Gasteiger partial charge in [-0.1, -0.05) is 18.9 Å². The van der Waals surface area contributed by atoms with E-state index in [-0.39, 0.29) is 0 Å². The molecule has 0 aromatic heterocycles. The van der Waals surface area contributed by atoms with Crippen molar-refractivity contribution in [3.63, 3.8) is 0 Å². The molecule has 10 heavy (non-hydrogen) atoms. The lowest BCUT2D eigenvalue weighted by Crippen LogP contribution is -1.80. The first-order valence-electron chi connectivity index (χ1n) is 3.55. The molecule has 0 aliphatic carbocycles. The third-order valence-electron chi connectivity index (χ3n) is 1.49. The van der Waals surface area contributed by atoms with Crippen molar-refractivity contribution in [2.75, 3.05) is 0 Å². The van der Waals surface area contributed by atoms with Crippen LogP contribution in [0.5, 0.6) is 0 Å². The van der Waals surface area contributed by atoms with E-state index in [1.165, 1.54) is 17.5 Å². The van der Waals surface area contributed by atoms with Crippen LogP contribution < -0.4 is 0 Å². The van der Waals surface area contributed by atoms with Crippen molar-refractivity contribution in [3.05, 3.63) is 11.3 Å². The molecule has 2 heteroatoms. The van der Waals surface area contributed by atoms with Gasteiger partial charge in [0, 0.05) is 5.70 Å². The van der Waals surface area contributed by atoms with Gasteiger partial charge in [-0.25, -0.2) is 0 Å². The fraction of sp³-hybridized carbons (Fsp3) is 0.625. The van der Waals surface area contributed by atoms with Gasteiger partial charge in [0.2, 0.25) is 0 Å². The van der Waals surface area contributed by atoms with E-state index < -0.39 is 0 Å². The lowest BCUT2D eigenvalue weighted by Gasteiger charge is -1.99. The third kappa shape index (κ3) is 3.72. The zero-order valence-corrected chi connectivity index (χ0v) is 7.78. The summed E-state index contributed by atoms with van der Waals surface area (Å²) in [5.41, 5.74) is 3.98. The summed E-state index contributed by atoms with van der Waals surface area (Å²) in [5, 5.41) is 0. The molecule has 0 aliphatic rings. The van der Waals surface area contributed by atoms with E-state index in [2.05, 4.69) is 31.5 Å². The first-order valence-corrected chi connectivity index (χ1v) is 4.07. The molecule has 0 aromatic carbocycles. The van der Waals surface area contributed by atoms with Crippen LogP contribution in [-0.2, 0) is 0 Å². The summed E-state index contributed by atoms with van der Waals surface area (Å²) >= 11 is 3.90. The van der Waals surface area contributed by atoms with Gasteiger partial charge in [0.1, 0.15) is 0 Å². The van der Waals surface area contributed by atoms with Crippen LogP contribution >= 0.6 is 12.6 Å². The molecule has 0 N–H and O–H groups in total. The zero-order chi connectivity index (χ0) is 7.98. The summed E-state index contributed by atoms with van der Waals surface area (Å²) in [6, 6.07) is 0. The Kier molecular flexibility index (Phi) is 5.40. The molecule has 0 aromatic rings. The van der Waals surface area contributed by atoms with E-state index in [4.69, 9.17) is 0 Å². The van der Waals surface area contributed by atoms with E-state index in [0.717, 1.165) is 12.1 Å². The van der Waals surface area contributed by atoms with Crippen LogP contribution in [0.25, 0.3) is 0 Å². The second-order valence-corrected chi connectivity index (χ2v) is 2.59. The Bertz CT molecular complexity index is 147. The highest BCUT2D eigenvalue weighted by Crippen LogP contribution is 2.10. The molecule has 0 spiro atoms. The van der Waals surface area contributed by atoms with Crippen LogP contribution in [0.2, 0.25) is 0 Å². The largest absolute Gasteiger partial charge is 0.255 e. The third-order valence-corrected chi connectivity index (χ3v) is 1.61. The molecular weight excluding hydrogens is 142 g/mol. The zero-order valence-electron chi connectivity index (χ0n) is 6.89. The predicted octanol–water partition coefficient (Wildman–Crippen LogP) is 3.04. The number of thiol groups is 1. The average Bonchev–Trinajstić information content (AvgIpc) is 1.89. The van der Waals surface area contributed by atoms with Gasteiger partial charge >= 0.3 is 0 Å². The number of rotatable bonds is 3. The topological polar surface area (TPSA) is 12.4 Å². The van der Waals surface area contributed by atoms with Gasteiger partial charge in [0.15, 0.2) is 0 Å². The second-order valence-electron chi connectivity index (χ2n) is 2.36. The number of aliphatic imine (C=N–C) groups is 1. The first-order chi connectivity index (χ1) is 4.72. The highest BCUT2D eigenvalue weighted by atomic mass is 32.1. The Morgan fingerprint density at radius 3 is 2.50 bits per heavy atom. The second kappa shape index (κ2) is 5.54. The Hall–Kier alpha value is -0.240. The van der Waals surface area contributed by atoms with Gasteiger partial charge in [0.05, 0.1) is 5.55 Å². The molecule has 0 fully saturated rings. The van der Waals surface area contributed by atoms with Gasteiger partial charge in [-0.15, -0.1) is 12.6 Å². The van der Waals surface area contributed by atoms with E-state index >= 15 is 0 Å². The van der Waals surface area contributed by atoms with Gasteiger partial charge in [-0.2, -0.15) is 0 Å². The Morgan fingerprint density at radius 2 is 2.10 bits per heavy atom. The summed E-state index contributed by atoms with van der Waals surface area (Å²) in [6.45, 7) is 6.29. The predicted molar refractivity (Wildman–Crippen MR) is 50.8 cm³/mol. The summed E-state index contributed by atoms with van der Waals surface area (Å²) < 4.78 is 0. The van der Waals surface area contributed by atoms with E-state index in [0.29, 0.717) is 0 Å². The molecule has 0 rings (SSSR count). The van der Waals surface area contributed by atoms with Gasteiger partial charge in [0.25, 0.3) is 0 Å². The molecule has 0 bridgehead atoms. The molecule has 0 amide bonds. The number of nitrogens with zero attached hydrogens (tertiary/aromatic N) is 1. The maximum Gasteiger partial charge on any atom is 0.0569 e.